The van der Waals surface area contributed by atoms with Crippen LogP contribution >= 0.6 is 0 Å². The number of hydrogen-bond donors (Lipinski definition) is 2. The largest absolute Gasteiger partial charge is 0.492 e. The van der Waals surface area contributed by atoms with Gasteiger partial charge in [0, 0.05) is 31.7 Å². The molecule has 2 aromatic carbocycles. The van der Waals surface area contributed by atoms with Gasteiger partial charge >= 0.3 is 0 Å². The molecular formula is C20H25FN2O3. The minimum atomic E-state index is -0.605. The third-order valence-corrected chi connectivity index (χ3v) is 4.24. The monoisotopic (exact) mass is 360 g/mol. The van der Waals surface area contributed by atoms with Crippen LogP contribution < -0.4 is 15.2 Å². The Balaban J connectivity index is 1.53. The summed E-state index contributed by atoms with van der Waals surface area (Å²) >= 11 is 0. The van der Waals surface area contributed by atoms with Crippen molar-refractivity contribution in [2.24, 2.45) is 5.73 Å². The Labute approximate surface area is 153 Å². The zero-order valence-corrected chi connectivity index (χ0v) is 14.8. The fraction of sp³-hybridized carbons (Fsp3) is 0.400. The zero-order valence-electron chi connectivity index (χ0n) is 14.8. The van der Waals surface area contributed by atoms with Crippen LogP contribution in [0.4, 0.5) is 4.39 Å². The minimum absolute atomic E-state index is 0.00390. The third-order valence-electron chi connectivity index (χ3n) is 4.24. The van der Waals surface area contributed by atoms with Gasteiger partial charge in [0.1, 0.15) is 36.1 Å². The van der Waals surface area contributed by atoms with E-state index in [1.807, 2.05) is 31.2 Å². The number of rotatable bonds is 7. The molecule has 26 heavy (non-hydrogen) atoms. The second-order valence-electron chi connectivity index (χ2n) is 6.81. The van der Waals surface area contributed by atoms with E-state index in [0.29, 0.717) is 32.0 Å². The van der Waals surface area contributed by atoms with Crippen LogP contribution in [-0.2, 0) is 6.54 Å². The maximum atomic E-state index is 13.3. The number of aliphatic hydroxyl groups is 1. The van der Waals surface area contributed by atoms with E-state index in [9.17, 15) is 9.50 Å². The van der Waals surface area contributed by atoms with Gasteiger partial charge in [-0.2, -0.15) is 0 Å². The molecule has 2 aromatic rings. The van der Waals surface area contributed by atoms with Gasteiger partial charge in [-0.3, -0.25) is 4.90 Å². The first kappa shape index (κ1) is 18.6. The Bertz CT molecular complexity index is 708. The average Bonchev–Trinajstić information content (AvgIpc) is 2.93. The van der Waals surface area contributed by atoms with Gasteiger partial charge in [-0.15, -0.1) is 0 Å². The van der Waals surface area contributed by atoms with E-state index < -0.39 is 6.10 Å². The second kappa shape index (κ2) is 8.49. The smallest absolute Gasteiger partial charge is 0.138 e. The summed E-state index contributed by atoms with van der Waals surface area (Å²) in [6.45, 7) is 4.18. The number of likely N-dealkylation sites (tertiary alicyclic amines) is 1. The molecule has 1 saturated heterocycles. The molecule has 1 heterocycles. The predicted molar refractivity (Wildman–Crippen MR) is 97.7 cm³/mol. The van der Waals surface area contributed by atoms with Crippen molar-refractivity contribution in [2.45, 2.75) is 31.7 Å². The zero-order chi connectivity index (χ0) is 18.5. The maximum absolute atomic E-state index is 13.3. The lowest BCUT2D eigenvalue weighted by molar-refractivity contribution is 0.0734. The Morgan fingerprint density at radius 1 is 1.19 bits per heavy atom. The van der Waals surface area contributed by atoms with Gasteiger partial charge in [0.25, 0.3) is 0 Å². The lowest BCUT2D eigenvalue weighted by atomic mass is 10.2. The van der Waals surface area contributed by atoms with Crippen molar-refractivity contribution in [2.75, 3.05) is 19.7 Å². The molecule has 0 amide bonds. The minimum Gasteiger partial charge on any atom is -0.492 e. The quantitative estimate of drug-likeness (QED) is 0.792. The van der Waals surface area contributed by atoms with E-state index in [1.54, 1.807) is 12.1 Å². The Hall–Kier alpha value is -2.15. The normalized spacial score (nSPS) is 21.5. The van der Waals surface area contributed by atoms with Crippen LogP contribution in [0.15, 0.2) is 48.5 Å². The highest BCUT2D eigenvalue weighted by Crippen LogP contribution is 2.22. The molecule has 0 aliphatic carbocycles. The highest BCUT2D eigenvalue weighted by molar-refractivity contribution is 5.27. The van der Waals surface area contributed by atoms with Crippen LogP contribution in [0.1, 0.15) is 12.5 Å². The van der Waals surface area contributed by atoms with Crippen LogP contribution in [0.2, 0.25) is 0 Å². The number of benzene rings is 2. The molecule has 0 saturated carbocycles. The van der Waals surface area contributed by atoms with Crippen molar-refractivity contribution in [3.63, 3.8) is 0 Å². The molecular weight excluding hydrogens is 335 g/mol. The summed E-state index contributed by atoms with van der Waals surface area (Å²) in [7, 11) is 0. The van der Waals surface area contributed by atoms with Gasteiger partial charge in [-0.25, -0.2) is 4.39 Å². The van der Waals surface area contributed by atoms with Crippen LogP contribution in [0.25, 0.3) is 0 Å². The van der Waals surface area contributed by atoms with Gasteiger partial charge in [0.05, 0.1) is 0 Å². The van der Waals surface area contributed by atoms with Crippen LogP contribution in [-0.4, -0.2) is 48.0 Å². The Morgan fingerprint density at radius 2 is 1.96 bits per heavy atom. The molecule has 0 aromatic heterocycles. The molecule has 3 atom stereocenters. The van der Waals surface area contributed by atoms with Crippen molar-refractivity contribution in [3.8, 4) is 11.5 Å². The van der Waals surface area contributed by atoms with Crippen molar-refractivity contribution in [1.82, 2.24) is 4.90 Å². The summed E-state index contributed by atoms with van der Waals surface area (Å²) in [5, 5.41) is 10.2. The molecule has 0 spiro atoms. The molecule has 1 aliphatic rings. The SMILES string of the molecule is C[C@H](N)COc1ccc(CN2C[C@H](Oc3cccc(F)c3)[C@@H](O)C2)cc1. The summed E-state index contributed by atoms with van der Waals surface area (Å²) in [5.74, 6) is 0.879. The van der Waals surface area contributed by atoms with E-state index in [4.69, 9.17) is 15.2 Å². The topological polar surface area (TPSA) is 68.0 Å². The summed E-state index contributed by atoms with van der Waals surface area (Å²) in [5.41, 5.74) is 6.80. The summed E-state index contributed by atoms with van der Waals surface area (Å²) in [6.07, 6.45) is -0.975. The molecule has 1 fully saturated rings. The fourth-order valence-corrected chi connectivity index (χ4v) is 2.97. The Morgan fingerprint density at radius 3 is 2.65 bits per heavy atom. The van der Waals surface area contributed by atoms with Crippen molar-refractivity contribution >= 4 is 0 Å². The number of ether oxygens (including phenoxy) is 2. The highest BCUT2D eigenvalue weighted by atomic mass is 19.1. The van der Waals surface area contributed by atoms with E-state index in [2.05, 4.69) is 4.90 Å². The number of aliphatic hydroxyl groups excluding tert-OH is 1. The van der Waals surface area contributed by atoms with Crippen LogP contribution in [0.3, 0.4) is 0 Å². The van der Waals surface area contributed by atoms with Crippen molar-refractivity contribution in [1.29, 1.82) is 0 Å². The number of halogens is 1. The first-order valence-corrected chi connectivity index (χ1v) is 8.79. The summed E-state index contributed by atoms with van der Waals surface area (Å²) in [6, 6.07) is 13.8. The van der Waals surface area contributed by atoms with E-state index in [-0.39, 0.29) is 18.0 Å². The molecule has 6 heteroatoms. The molecule has 0 unspecified atom stereocenters. The lowest BCUT2D eigenvalue weighted by Gasteiger charge is -2.17. The molecule has 0 radical (unpaired) electrons. The number of β-amino-alcohol motifs (C(OH)–C–C–N with tert-alkyl or cyclic N) is 1. The number of nitrogens with two attached hydrogens (primary N) is 1. The van der Waals surface area contributed by atoms with Gasteiger partial charge < -0.3 is 20.3 Å². The van der Waals surface area contributed by atoms with E-state index >= 15 is 0 Å². The number of nitrogens with zero attached hydrogens (tertiary/aromatic N) is 1. The van der Waals surface area contributed by atoms with Crippen molar-refractivity contribution < 1.29 is 19.0 Å². The van der Waals surface area contributed by atoms with E-state index in [1.165, 1.54) is 12.1 Å². The van der Waals surface area contributed by atoms with Crippen molar-refractivity contribution in [3.05, 3.63) is 59.9 Å². The molecule has 0 bridgehead atoms. The average molecular weight is 360 g/mol. The van der Waals surface area contributed by atoms with Gasteiger partial charge in [-0.05, 0) is 36.8 Å². The molecule has 140 valence electrons. The van der Waals surface area contributed by atoms with Gasteiger partial charge in [0.2, 0.25) is 0 Å². The van der Waals surface area contributed by atoms with Gasteiger partial charge in [-0.1, -0.05) is 18.2 Å². The second-order valence-corrected chi connectivity index (χ2v) is 6.81. The van der Waals surface area contributed by atoms with Crippen LogP contribution in [0.5, 0.6) is 11.5 Å². The highest BCUT2D eigenvalue weighted by Gasteiger charge is 2.33. The van der Waals surface area contributed by atoms with E-state index in [0.717, 1.165) is 11.3 Å². The van der Waals surface area contributed by atoms with Crippen LogP contribution in [0, 0.1) is 5.82 Å². The predicted octanol–water partition coefficient (Wildman–Crippen LogP) is 2.18. The maximum Gasteiger partial charge on any atom is 0.138 e. The molecule has 5 nitrogen and oxygen atoms in total. The third kappa shape index (κ3) is 5.17. The first-order valence-electron chi connectivity index (χ1n) is 8.79. The fourth-order valence-electron chi connectivity index (χ4n) is 2.97. The van der Waals surface area contributed by atoms with Gasteiger partial charge in [0.15, 0.2) is 0 Å². The first-order chi connectivity index (χ1) is 12.5. The summed E-state index contributed by atoms with van der Waals surface area (Å²) in [4.78, 5) is 2.12. The summed E-state index contributed by atoms with van der Waals surface area (Å²) < 4.78 is 24.6. The lowest BCUT2D eigenvalue weighted by Crippen LogP contribution is -2.29. The number of hydrogen-bond acceptors (Lipinski definition) is 5. The molecule has 3 rings (SSSR count). The standard InChI is InChI=1S/C20H25FN2O3/c1-14(22)13-25-17-7-5-15(6-8-17)10-23-11-19(24)20(12-23)26-18-4-2-3-16(21)9-18/h2-9,14,19-20,24H,10-13,22H2,1H3/t14-,19-,20-/m0/s1. The molecule has 3 N–H and O–H groups in total. The molecule has 1 aliphatic heterocycles. The Kier molecular flexibility index (Phi) is 6.08.